The first kappa shape index (κ1) is 15.3. The topological polar surface area (TPSA) is 88.8 Å². The summed E-state index contributed by atoms with van der Waals surface area (Å²) in [5, 5.41) is 0.396. The number of nitrogens with one attached hydrogen (secondary N) is 1. The molecule has 8 heteroatoms. The van der Waals surface area contributed by atoms with Gasteiger partial charge >= 0.3 is 0 Å². The molecule has 23 heavy (non-hydrogen) atoms. The molecular formula is C15H8BrF2N3O2. The van der Waals surface area contributed by atoms with Crippen molar-refractivity contribution in [3.63, 3.8) is 0 Å². The molecule has 2 aromatic heterocycles. The van der Waals surface area contributed by atoms with Crippen LogP contribution in [-0.4, -0.2) is 21.7 Å². The van der Waals surface area contributed by atoms with E-state index in [1.807, 2.05) is 0 Å². The van der Waals surface area contributed by atoms with E-state index in [2.05, 4.69) is 25.9 Å². The summed E-state index contributed by atoms with van der Waals surface area (Å²) in [5.74, 6) is -4.34. The molecule has 0 fully saturated rings. The van der Waals surface area contributed by atoms with Crippen LogP contribution in [0.5, 0.6) is 0 Å². The number of H-pyrrole nitrogens is 1. The predicted molar refractivity (Wildman–Crippen MR) is 82.1 cm³/mol. The second-order valence-corrected chi connectivity index (χ2v) is 5.65. The Hall–Kier alpha value is -2.61. The molecule has 2 heterocycles. The monoisotopic (exact) mass is 379 g/mol. The Morgan fingerprint density at radius 2 is 1.96 bits per heavy atom. The van der Waals surface area contributed by atoms with Crippen LogP contribution in [0, 0.1) is 11.6 Å². The lowest BCUT2D eigenvalue weighted by atomic mass is 9.99. The van der Waals surface area contributed by atoms with Gasteiger partial charge in [-0.1, -0.05) is 0 Å². The molecular weight excluding hydrogens is 372 g/mol. The van der Waals surface area contributed by atoms with Crippen molar-refractivity contribution < 1.29 is 18.4 Å². The van der Waals surface area contributed by atoms with Crippen molar-refractivity contribution in [2.24, 2.45) is 5.73 Å². The van der Waals surface area contributed by atoms with Crippen molar-refractivity contribution in [1.82, 2.24) is 9.97 Å². The molecule has 0 aliphatic rings. The maximum Gasteiger partial charge on any atom is 0.251 e. The van der Waals surface area contributed by atoms with E-state index in [1.54, 1.807) is 6.07 Å². The summed E-state index contributed by atoms with van der Waals surface area (Å²) in [5.41, 5.74) is 4.08. The highest BCUT2D eigenvalue weighted by Crippen LogP contribution is 2.26. The Labute approximate surface area is 136 Å². The average molecular weight is 380 g/mol. The highest BCUT2D eigenvalue weighted by Gasteiger charge is 2.25. The fourth-order valence-corrected chi connectivity index (χ4v) is 2.58. The maximum absolute atomic E-state index is 14.3. The summed E-state index contributed by atoms with van der Waals surface area (Å²) in [7, 11) is 0. The number of hydrogen-bond acceptors (Lipinski definition) is 3. The Balaban J connectivity index is 2.22. The third kappa shape index (κ3) is 2.50. The predicted octanol–water partition coefficient (Wildman–Crippen LogP) is 2.93. The van der Waals surface area contributed by atoms with Gasteiger partial charge in [0, 0.05) is 27.8 Å². The maximum atomic E-state index is 14.3. The number of nitrogens with two attached hydrogens (primary N) is 1. The van der Waals surface area contributed by atoms with Crippen molar-refractivity contribution in [2.75, 3.05) is 0 Å². The van der Waals surface area contributed by atoms with Crippen LogP contribution >= 0.6 is 15.9 Å². The van der Waals surface area contributed by atoms with Gasteiger partial charge in [-0.05, 0) is 34.1 Å². The molecule has 5 nitrogen and oxygen atoms in total. The molecule has 0 radical (unpaired) electrons. The highest BCUT2D eigenvalue weighted by molar-refractivity contribution is 9.10. The van der Waals surface area contributed by atoms with Crippen molar-refractivity contribution in [3.05, 3.63) is 63.4 Å². The SMILES string of the molecule is NC(=O)c1ccc(F)c(C(=O)c2c[nH]c3ncc(Br)cc23)c1F. The zero-order valence-electron chi connectivity index (χ0n) is 11.4. The van der Waals surface area contributed by atoms with Gasteiger partial charge in [-0.25, -0.2) is 13.8 Å². The fraction of sp³-hybridized carbons (Fsp3) is 0. The van der Waals surface area contributed by atoms with Crippen molar-refractivity contribution in [3.8, 4) is 0 Å². The second kappa shape index (κ2) is 5.54. The van der Waals surface area contributed by atoms with Crippen LogP contribution in [0.1, 0.15) is 26.3 Å². The minimum absolute atomic E-state index is 0.0354. The summed E-state index contributed by atoms with van der Waals surface area (Å²) >= 11 is 3.22. The first-order valence-corrected chi connectivity index (χ1v) is 7.14. The molecule has 1 amide bonds. The average Bonchev–Trinajstić information content (AvgIpc) is 2.89. The Morgan fingerprint density at radius 3 is 2.65 bits per heavy atom. The van der Waals surface area contributed by atoms with Crippen molar-refractivity contribution in [2.45, 2.75) is 0 Å². The van der Waals surface area contributed by atoms with E-state index in [4.69, 9.17) is 5.73 Å². The number of primary amides is 1. The third-order valence-electron chi connectivity index (χ3n) is 3.33. The number of rotatable bonds is 3. The number of aromatic nitrogens is 2. The van der Waals surface area contributed by atoms with E-state index in [0.717, 1.165) is 12.1 Å². The number of amides is 1. The molecule has 0 bridgehead atoms. The van der Waals surface area contributed by atoms with E-state index < -0.39 is 34.5 Å². The molecule has 3 rings (SSSR count). The number of carbonyl (C=O) groups is 2. The normalized spacial score (nSPS) is 10.9. The lowest BCUT2D eigenvalue weighted by Gasteiger charge is -2.06. The zero-order chi connectivity index (χ0) is 16.7. The third-order valence-corrected chi connectivity index (χ3v) is 3.76. The largest absolute Gasteiger partial charge is 0.366 e. The molecule has 0 saturated carbocycles. The van der Waals surface area contributed by atoms with Gasteiger partial charge in [0.15, 0.2) is 0 Å². The van der Waals surface area contributed by atoms with Crippen LogP contribution < -0.4 is 5.73 Å². The van der Waals surface area contributed by atoms with Gasteiger partial charge in [0.25, 0.3) is 5.91 Å². The van der Waals surface area contributed by atoms with Crippen LogP contribution in [-0.2, 0) is 0 Å². The van der Waals surface area contributed by atoms with E-state index in [0.29, 0.717) is 15.5 Å². The summed E-state index contributed by atoms with van der Waals surface area (Å²) in [4.78, 5) is 30.5. The van der Waals surface area contributed by atoms with Crippen LogP contribution in [0.25, 0.3) is 11.0 Å². The number of fused-ring (bicyclic) bond motifs is 1. The Bertz CT molecular complexity index is 969. The summed E-state index contributed by atoms with van der Waals surface area (Å²) in [6.45, 7) is 0. The number of pyridine rings is 1. The lowest BCUT2D eigenvalue weighted by molar-refractivity contribution is 0.0996. The van der Waals surface area contributed by atoms with Gasteiger partial charge in [0.05, 0.1) is 11.1 Å². The molecule has 1 aromatic carbocycles. The molecule has 0 spiro atoms. The molecule has 0 saturated heterocycles. The molecule has 3 N–H and O–H groups in total. The van der Waals surface area contributed by atoms with E-state index in [1.165, 1.54) is 12.4 Å². The number of hydrogen-bond donors (Lipinski definition) is 2. The van der Waals surface area contributed by atoms with Crippen molar-refractivity contribution >= 4 is 38.7 Å². The second-order valence-electron chi connectivity index (χ2n) is 4.73. The molecule has 116 valence electrons. The van der Waals surface area contributed by atoms with Crippen LogP contribution in [0.15, 0.2) is 35.1 Å². The summed E-state index contributed by atoms with van der Waals surface area (Å²) < 4.78 is 28.9. The molecule has 0 unspecified atom stereocenters. The van der Waals surface area contributed by atoms with E-state index in [9.17, 15) is 18.4 Å². The van der Waals surface area contributed by atoms with Crippen molar-refractivity contribution in [1.29, 1.82) is 0 Å². The lowest BCUT2D eigenvalue weighted by Crippen LogP contribution is -2.17. The fourth-order valence-electron chi connectivity index (χ4n) is 2.25. The first-order chi connectivity index (χ1) is 10.9. The first-order valence-electron chi connectivity index (χ1n) is 6.35. The van der Waals surface area contributed by atoms with Gasteiger partial charge in [-0.2, -0.15) is 0 Å². The van der Waals surface area contributed by atoms with Crippen LogP contribution in [0.4, 0.5) is 8.78 Å². The smallest absolute Gasteiger partial charge is 0.251 e. The molecule has 0 aliphatic heterocycles. The number of halogens is 3. The van der Waals surface area contributed by atoms with Gasteiger partial charge in [0.1, 0.15) is 17.3 Å². The standard InChI is InChI=1S/C15H8BrF2N3O2/c16-6-3-8-9(5-21-15(8)20-4-6)13(22)11-10(17)2-1-7(12(11)18)14(19)23/h1-5H,(H2,19,23)(H,20,21). The molecule has 0 aliphatic carbocycles. The van der Waals surface area contributed by atoms with Crippen LogP contribution in [0.3, 0.4) is 0 Å². The quantitative estimate of drug-likeness (QED) is 0.685. The zero-order valence-corrected chi connectivity index (χ0v) is 12.9. The number of benzene rings is 1. The summed E-state index contributed by atoms with van der Waals surface area (Å²) in [6, 6.07) is 3.33. The molecule has 0 atom stereocenters. The van der Waals surface area contributed by atoms with E-state index in [-0.39, 0.29) is 5.56 Å². The van der Waals surface area contributed by atoms with Crippen LogP contribution in [0.2, 0.25) is 0 Å². The Morgan fingerprint density at radius 1 is 1.22 bits per heavy atom. The minimum Gasteiger partial charge on any atom is -0.366 e. The van der Waals surface area contributed by atoms with E-state index >= 15 is 0 Å². The number of nitrogens with zero attached hydrogens (tertiary/aromatic N) is 1. The van der Waals surface area contributed by atoms with Gasteiger partial charge in [-0.15, -0.1) is 0 Å². The Kier molecular flexibility index (Phi) is 3.69. The minimum atomic E-state index is -1.28. The number of carbonyl (C=O) groups excluding carboxylic acids is 2. The number of aromatic amines is 1. The highest BCUT2D eigenvalue weighted by atomic mass is 79.9. The van der Waals surface area contributed by atoms with Gasteiger partial charge in [0.2, 0.25) is 5.78 Å². The summed E-state index contributed by atoms with van der Waals surface area (Å²) in [6.07, 6.45) is 2.82. The number of ketones is 1. The van der Waals surface area contributed by atoms with Gasteiger partial charge in [-0.3, -0.25) is 9.59 Å². The van der Waals surface area contributed by atoms with Gasteiger partial charge < -0.3 is 10.7 Å². The molecule has 3 aromatic rings.